The lowest BCUT2D eigenvalue weighted by molar-refractivity contribution is 0.0599. The Bertz CT molecular complexity index is 757. The number of ether oxygens (including phenoxy) is 2. The molecule has 0 N–H and O–H groups in total. The van der Waals surface area contributed by atoms with E-state index in [2.05, 4.69) is 0 Å². The van der Waals surface area contributed by atoms with Crippen molar-refractivity contribution in [2.24, 2.45) is 0 Å². The highest BCUT2D eigenvalue weighted by molar-refractivity contribution is 5.91. The zero-order valence-electron chi connectivity index (χ0n) is 19.7. The van der Waals surface area contributed by atoms with Gasteiger partial charge in [0.05, 0.1) is 12.7 Å². The monoisotopic (exact) mass is 415 g/mol. The number of esters is 1. The highest BCUT2D eigenvalue weighted by Gasteiger charge is 2.20. The molecule has 0 aliphatic rings. The van der Waals surface area contributed by atoms with Gasteiger partial charge < -0.3 is 14.4 Å². The number of amides is 1. The van der Waals surface area contributed by atoms with Crippen LogP contribution in [0.15, 0.2) is 48.5 Å². The molecule has 0 aromatic heterocycles. The number of rotatable bonds is 6. The van der Waals surface area contributed by atoms with Gasteiger partial charge in [0, 0.05) is 12.6 Å². The Morgan fingerprint density at radius 2 is 1.53 bits per heavy atom. The predicted octanol–water partition coefficient (Wildman–Crippen LogP) is 6.38. The van der Waals surface area contributed by atoms with Gasteiger partial charge in [-0.25, -0.2) is 9.59 Å². The lowest BCUT2D eigenvalue weighted by Gasteiger charge is -2.26. The molecule has 0 saturated carbocycles. The molecule has 2 rings (SSSR count). The third-order valence-corrected chi connectivity index (χ3v) is 4.12. The van der Waals surface area contributed by atoms with Crippen molar-refractivity contribution < 1.29 is 19.1 Å². The minimum absolute atomic E-state index is 0.0406. The Labute approximate surface area is 182 Å². The molecule has 0 aliphatic carbocycles. The maximum Gasteiger partial charge on any atom is 0.410 e. The van der Waals surface area contributed by atoms with Crippen molar-refractivity contribution in [2.45, 2.75) is 67.7 Å². The van der Waals surface area contributed by atoms with Crippen molar-refractivity contribution in [3.63, 3.8) is 0 Å². The van der Waals surface area contributed by atoms with Crippen LogP contribution in [-0.2, 0) is 22.6 Å². The smallest absolute Gasteiger partial charge is 0.410 e. The van der Waals surface area contributed by atoms with Crippen LogP contribution >= 0.6 is 0 Å². The van der Waals surface area contributed by atoms with E-state index < -0.39 is 0 Å². The van der Waals surface area contributed by atoms with E-state index in [4.69, 9.17) is 9.47 Å². The summed E-state index contributed by atoms with van der Waals surface area (Å²) in [6.45, 7) is 14.3. The second kappa shape index (κ2) is 15.1. The van der Waals surface area contributed by atoms with E-state index in [0.717, 1.165) is 16.7 Å². The number of methoxy groups -OCH3 is 1. The number of hydrogen-bond donors (Lipinski definition) is 0. The molecule has 0 heterocycles. The number of carbonyl (C=O) groups excluding carboxylic acids is 2. The third-order valence-electron chi connectivity index (χ3n) is 4.12. The van der Waals surface area contributed by atoms with Gasteiger partial charge in [-0.2, -0.15) is 0 Å². The quantitative estimate of drug-likeness (QED) is 0.514. The summed E-state index contributed by atoms with van der Waals surface area (Å²) in [5, 5.41) is 0. The molecule has 0 spiro atoms. The van der Waals surface area contributed by atoms with E-state index in [1.807, 2.05) is 90.9 Å². The van der Waals surface area contributed by atoms with Crippen molar-refractivity contribution >= 4 is 12.1 Å². The summed E-state index contributed by atoms with van der Waals surface area (Å²) in [6.07, 6.45) is -0.385. The van der Waals surface area contributed by atoms with Gasteiger partial charge in [0.15, 0.2) is 0 Å². The van der Waals surface area contributed by atoms with Crippen LogP contribution in [0, 0.1) is 6.92 Å². The summed E-state index contributed by atoms with van der Waals surface area (Å²) < 4.78 is 10.3. The fourth-order valence-electron chi connectivity index (χ4n) is 2.55. The fraction of sp³-hybridized carbons (Fsp3) is 0.440. The minimum Gasteiger partial charge on any atom is -0.465 e. The number of nitrogens with zero attached hydrogens (tertiary/aromatic N) is 1. The van der Waals surface area contributed by atoms with Gasteiger partial charge in [0.2, 0.25) is 0 Å². The van der Waals surface area contributed by atoms with E-state index >= 15 is 0 Å². The summed E-state index contributed by atoms with van der Waals surface area (Å²) in [5.41, 5.74) is 3.13. The molecule has 0 fully saturated rings. The van der Waals surface area contributed by atoms with Crippen molar-refractivity contribution in [1.29, 1.82) is 0 Å². The Hall–Kier alpha value is -2.82. The zero-order chi connectivity index (χ0) is 23.1. The van der Waals surface area contributed by atoms with Crippen LogP contribution in [0.1, 0.15) is 68.6 Å². The van der Waals surface area contributed by atoms with Crippen molar-refractivity contribution in [1.82, 2.24) is 4.90 Å². The first-order valence-electron chi connectivity index (χ1n) is 10.6. The maximum absolute atomic E-state index is 12.5. The molecule has 0 bridgehead atoms. The van der Waals surface area contributed by atoms with E-state index in [-0.39, 0.29) is 24.7 Å². The van der Waals surface area contributed by atoms with Gasteiger partial charge >= 0.3 is 12.1 Å². The molecule has 0 unspecified atom stereocenters. The molecule has 0 radical (unpaired) electrons. The summed E-state index contributed by atoms with van der Waals surface area (Å²) in [6, 6.07) is 15.0. The fourth-order valence-corrected chi connectivity index (χ4v) is 2.55. The summed E-state index contributed by atoms with van der Waals surface area (Å²) >= 11 is 0. The van der Waals surface area contributed by atoms with Gasteiger partial charge in [0.25, 0.3) is 0 Å². The molecule has 166 valence electrons. The predicted molar refractivity (Wildman–Crippen MR) is 123 cm³/mol. The highest BCUT2D eigenvalue weighted by atomic mass is 16.6. The number of benzene rings is 2. The average Bonchev–Trinajstić information content (AvgIpc) is 2.79. The SMILES string of the molecule is CC.CC.COC(=O)c1cc(CN(C(=O)OCc2ccccc2)C(C)C)ccc1C. The second-order valence-corrected chi connectivity index (χ2v) is 6.40. The summed E-state index contributed by atoms with van der Waals surface area (Å²) in [5.74, 6) is -0.382. The lowest BCUT2D eigenvalue weighted by Crippen LogP contribution is -2.36. The van der Waals surface area contributed by atoms with Gasteiger partial charge in [-0.15, -0.1) is 0 Å². The third kappa shape index (κ3) is 8.68. The van der Waals surface area contributed by atoms with Gasteiger partial charge in [0.1, 0.15) is 6.61 Å². The lowest BCUT2D eigenvalue weighted by atomic mass is 10.0. The number of aryl methyl sites for hydroxylation is 1. The van der Waals surface area contributed by atoms with E-state index in [1.165, 1.54) is 7.11 Å². The van der Waals surface area contributed by atoms with Crippen LogP contribution in [0.5, 0.6) is 0 Å². The van der Waals surface area contributed by atoms with E-state index in [0.29, 0.717) is 12.1 Å². The molecule has 1 amide bonds. The van der Waals surface area contributed by atoms with Crippen molar-refractivity contribution in [3.8, 4) is 0 Å². The Morgan fingerprint density at radius 3 is 2.07 bits per heavy atom. The zero-order valence-corrected chi connectivity index (χ0v) is 19.7. The maximum atomic E-state index is 12.5. The Morgan fingerprint density at radius 1 is 0.933 bits per heavy atom. The van der Waals surface area contributed by atoms with Gasteiger partial charge in [-0.1, -0.05) is 70.2 Å². The molecule has 2 aromatic rings. The van der Waals surface area contributed by atoms with Gasteiger partial charge in [-0.3, -0.25) is 0 Å². The van der Waals surface area contributed by atoms with Crippen LogP contribution < -0.4 is 0 Å². The molecular formula is C25H37NO4. The molecule has 5 nitrogen and oxygen atoms in total. The molecular weight excluding hydrogens is 378 g/mol. The van der Waals surface area contributed by atoms with Crippen LogP contribution in [0.3, 0.4) is 0 Å². The molecule has 30 heavy (non-hydrogen) atoms. The van der Waals surface area contributed by atoms with Gasteiger partial charge in [-0.05, 0) is 43.5 Å². The Kier molecular flexibility index (Phi) is 13.7. The topological polar surface area (TPSA) is 55.8 Å². The first-order chi connectivity index (χ1) is 14.4. The summed E-state index contributed by atoms with van der Waals surface area (Å²) in [4.78, 5) is 26.0. The van der Waals surface area contributed by atoms with Crippen LogP contribution in [0.25, 0.3) is 0 Å². The molecule has 0 aliphatic heterocycles. The largest absolute Gasteiger partial charge is 0.465 e. The molecule has 5 heteroatoms. The number of hydrogen-bond acceptors (Lipinski definition) is 4. The second-order valence-electron chi connectivity index (χ2n) is 6.40. The highest BCUT2D eigenvalue weighted by Crippen LogP contribution is 2.16. The van der Waals surface area contributed by atoms with Crippen LogP contribution in [0.4, 0.5) is 4.79 Å². The molecule has 0 atom stereocenters. The summed E-state index contributed by atoms with van der Waals surface area (Å²) in [7, 11) is 1.36. The minimum atomic E-state index is -0.385. The first-order valence-corrected chi connectivity index (χ1v) is 10.6. The van der Waals surface area contributed by atoms with Crippen LogP contribution in [-0.4, -0.2) is 30.1 Å². The van der Waals surface area contributed by atoms with Crippen molar-refractivity contribution in [3.05, 3.63) is 70.8 Å². The normalized spacial score (nSPS) is 9.50. The van der Waals surface area contributed by atoms with E-state index in [1.54, 1.807) is 11.0 Å². The number of carbonyl (C=O) groups is 2. The molecule has 2 aromatic carbocycles. The molecule has 0 saturated heterocycles. The Balaban J connectivity index is 0.00000198. The van der Waals surface area contributed by atoms with Crippen LogP contribution in [0.2, 0.25) is 0 Å². The first kappa shape index (κ1) is 27.2. The average molecular weight is 416 g/mol. The van der Waals surface area contributed by atoms with E-state index in [9.17, 15) is 9.59 Å². The standard InChI is InChI=1S/C21H25NO4.2C2H6/c1-15(2)22(21(24)26-14-17-8-6-5-7-9-17)13-18-11-10-16(3)19(12-18)20(23)25-4;2*1-2/h5-12,15H,13-14H2,1-4H3;2*1-2H3. The van der Waals surface area contributed by atoms with Crippen molar-refractivity contribution in [2.75, 3.05) is 7.11 Å².